The molecule has 0 aliphatic carbocycles. The number of aryl methyl sites for hydroxylation is 2. The van der Waals surface area contributed by atoms with Crippen molar-refractivity contribution in [2.45, 2.75) is 50.5 Å². The minimum atomic E-state index is -1.23. The highest BCUT2D eigenvalue weighted by Crippen LogP contribution is 2.60. The molecule has 3 saturated heterocycles. The fourth-order valence-electron chi connectivity index (χ4n) is 7.04. The van der Waals surface area contributed by atoms with E-state index in [0.29, 0.717) is 18.4 Å². The van der Waals surface area contributed by atoms with Gasteiger partial charge in [-0.25, -0.2) is 0 Å². The van der Waals surface area contributed by atoms with Crippen LogP contribution in [0.25, 0.3) is 0 Å². The van der Waals surface area contributed by atoms with E-state index in [-0.39, 0.29) is 25.0 Å². The van der Waals surface area contributed by atoms with Crippen molar-refractivity contribution < 1.29 is 29.0 Å². The quantitative estimate of drug-likeness (QED) is 0.362. The number of hydrogen-bond donors (Lipinski definition) is 1. The highest BCUT2D eigenvalue weighted by Gasteiger charge is 2.75. The molecular weight excluding hydrogens is 508 g/mol. The van der Waals surface area contributed by atoms with Gasteiger partial charge in [0, 0.05) is 12.2 Å². The number of rotatable bonds is 10. The molecule has 3 aliphatic heterocycles. The first-order valence-corrected chi connectivity index (χ1v) is 13.7. The van der Waals surface area contributed by atoms with Crippen molar-refractivity contribution in [1.82, 2.24) is 4.90 Å². The number of ether oxygens (including phenoxy) is 2. The molecule has 0 aromatic heterocycles. The van der Waals surface area contributed by atoms with Crippen molar-refractivity contribution >= 4 is 23.5 Å². The summed E-state index contributed by atoms with van der Waals surface area (Å²) in [6, 6.07) is 13.1. The smallest absolute Gasteiger partial charge is 0.312 e. The van der Waals surface area contributed by atoms with Crippen LogP contribution in [0.4, 0.5) is 5.69 Å². The van der Waals surface area contributed by atoms with Crippen molar-refractivity contribution in [3.8, 4) is 0 Å². The van der Waals surface area contributed by atoms with Crippen molar-refractivity contribution in [2.24, 2.45) is 11.8 Å². The summed E-state index contributed by atoms with van der Waals surface area (Å²) in [5, 5.41) is 10.6. The number of fused-ring (bicyclic) bond motifs is 1. The minimum Gasteiger partial charge on any atom is -0.461 e. The molecule has 0 saturated carbocycles. The van der Waals surface area contributed by atoms with E-state index >= 15 is 0 Å². The third kappa shape index (κ3) is 4.26. The van der Waals surface area contributed by atoms with Gasteiger partial charge in [0.25, 0.3) is 5.91 Å². The summed E-state index contributed by atoms with van der Waals surface area (Å²) < 4.78 is 11.9. The zero-order valence-electron chi connectivity index (χ0n) is 23.0. The van der Waals surface area contributed by atoms with Gasteiger partial charge in [0.1, 0.15) is 18.2 Å². The zero-order chi connectivity index (χ0) is 28.6. The van der Waals surface area contributed by atoms with Crippen molar-refractivity contribution in [3.05, 3.63) is 90.5 Å². The predicted molar refractivity (Wildman–Crippen MR) is 150 cm³/mol. The standard InChI is InChI=1S/C32H36N2O6/c1-5-17-33(27-20(3)11-10-12-21(27)4)30(37)28-32-16-15-24(40-32)25(31(38)39-18-6-2)26(32)29(36)34(28)23(19-35)22-13-8-7-9-14-22/h5-14,23-26,28,35H,1-2,15-19H2,3-4H3/t23-,24-,25+,26+,28?,32?/m1/s1. The molecule has 8 heteroatoms. The highest BCUT2D eigenvalue weighted by molar-refractivity contribution is 6.05. The lowest BCUT2D eigenvalue weighted by molar-refractivity contribution is -0.154. The van der Waals surface area contributed by atoms with Gasteiger partial charge in [0.2, 0.25) is 5.91 Å². The maximum atomic E-state index is 14.8. The van der Waals surface area contributed by atoms with Gasteiger partial charge in [0.05, 0.1) is 30.6 Å². The van der Waals surface area contributed by atoms with Gasteiger partial charge in [-0.15, -0.1) is 6.58 Å². The van der Waals surface area contributed by atoms with Gasteiger partial charge in [0.15, 0.2) is 0 Å². The Morgan fingerprint density at radius 2 is 1.85 bits per heavy atom. The first-order chi connectivity index (χ1) is 19.3. The number of amides is 2. The van der Waals surface area contributed by atoms with E-state index in [2.05, 4.69) is 13.2 Å². The average molecular weight is 545 g/mol. The SMILES string of the molecule is C=CCOC(=O)[C@@H]1[C@H]2C(=O)N([C@H](CO)c3ccccc3)C(C(=O)N(CC=C)c3c(C)cccc3C)C23CC[C@H]1O3. The third-order valence-corrected chi connectivity index (χ3v) is 8.57. The lowest BCUT2D eigenvalue weighted by atomic mass is 9.70. The number of aliphatic hydroxyl groups is 1. The van der Waals surface area contributed by atoms with Crippen molar-refractivity contribution in [1.29, 1.82) is 0 Å². The number of likely N-dealkylation sites (tertiary alicyclic amines) is 1. The Kier molecular flexibility index (Phi) is 7.66. The lowest BCUT2D eigenvalue weighted by Gasteiger charge is -2.40. The molecule has 0 radical (unpaired) electrons. The molecule has 2 unspecified atom stereocenters. The summed E-state index contributed by atoms with van der Waals surface area (Å²) in [4.78, 5) is 45.6. The van der Waals surface area contributed by atoms with Crippen LogP contribution in [0.3, 0.4) is 0 Å². The molecule has 2 amide bonds. The summed E-state index contributed by atoms with van der Waals surface area (Å²) in [6.07, 6.45) is 3.57. The van der Waals surface area contributed by atoms with E-state index in [9.17, 15) is 19.5 Å². The fourth-order valence-corrected chi connectivity index (χ4v) is 7.04. The Balaban J connectivity index is 1.66. The van der Waals surface area contributed by atoms with Crippen LogP contribution in [0, 0.1) is 25.7 Å². The normalized spacial score (nSPS) is 27.3. The highest BCUT2D eigenvalue weighted by atomic mass is 16.6. The molecule has 6 atom stereocenters. The van der Waals surface area contributed by atoms with Crippen LogP contribution >= 0.6 is 0 Å². The number of aliphatic hydroxyl groups excluding tert-OH is 1. The third-order valence-electron chi connectivity index (χ3n) is 8.57. The second kappa shape index (κ2) is 11.0. The summed E-state index contributed by atoms with van der Waals surface area (Å²) in [7, 11) is 0. The van der Waals surface area contributed by atoms with Crippen molar-refractivity contribution in [2.75, 3.05) is 24.7 Å². The number of carbonyl (C=O) groups excluding carboxylic acids is 3. The van der Waals surface area contributed by atoms with E-state index in [1.54, 1.807) is 11.0 Å². The molecule has 1 N–H and O–H groups in total. The van der Waals surface area contributed by atoms with Crippen LogP contribution in [0.2, 0.25) is 0 Å². The van der Waals surface area contributed by atoms with E-state index in [1.807, 2.05) is 62.4 Å². The number of para-hydroxylation sites is 1. The Morgan fingerprint density at radius 1 is 1.15 bits per heavy atom. The van der Waals surface area contributed by atoms with Crippen LogP contribution in [0.15, 0.2) is 73.8 Å². The number of nitrogens with zero attached hydrogens (tertiary/aromatic N) is 2. The van der Waals surface area contributed by atoms with Crippen LogP contribution in [-0.4, -0.2) is 65.3 Å². The Labute approximate surface area is 234 Å². The summed E-state index contributed by atoms with van der Waals surface area (Å²) in [5.41, 5.74) is 2.02. The van der Waals surface area contributed by atoms with Gasteiger partial charge in [-0.1, -0.05) is 67.3 Å². The minimum absolute atomic E-state index is 0.0188. The van der Waals surface area contributed by atoms with Crippen LogP contribution < -0.4 is 4.90 Å². The number of hydrogen-bond acceptors (Lipinski definition) is 6. The maximum Gasteiger partial charge on any atom is 0.312 e. The molecule has 2 aromatic carbocycles. The molecule has 210 valence electrons. The fraction of sp³-hybridized carbons (Fsp3) is 0.406. The molecule has 3 fully saturated rings. The van der Waals surface area contributed by atoms with Gasteiger partial charge in [-0.2, -0.15) is 0 Å². The largest absolute Gasteiger partial charge is 0.461 e. The van der Waals surface area contributed by atoms with E-state index in [1.165, 1.54) is 11.0 Å². The Bertz CT molecular complexity index is 1310. The molecular formula is C32H36N2O6. The van der Waals surface area contributed by atoms with E-state index < -0.39 is 48.2 Å². The van der Waals surface area contributed by atoms with E-state index in [4.69, 9.17) is 9.47 Å². The molecule has 40 heavy (non-hydrogen) atoms. The summed E-state index contributed by atoms with van der Waals surface area (Å²) >= 11 is 0. The number of anilines is 1. The Hall–Kier alpha value is -3.75. The molecule has 8 nitrogen and oxygen atoms in total. The molecule has 1 spiro atoms. The van der Waals surface area contributed by atoms with Crippen molar-refractivity contribution in [3.63, 3.8) is 0 Å². The number of esters is 1. The molecule has 3 heterocycles. The topological polar surface area (TPSA) is 96.4 Å². The lowest BCUT2D eigenvalue weighted by Crippen LogP contribution is -2.57. The second-order valence-electron chi connectivity index (χ2n) is 10.8. The molecule has 2 aromatic rings. The molecule has 2 bridgehead atoms. The van der Waals surface area contributed by atoms with E-state index in [0.717, 1.165) is 16.8 Å². The summed E-state index contributed by atoms with van der Waals surface area (Å²) in [6.45, 7) is 11.2. The maximum absolute atomic E-state index is 14.8. The van der Waals surface area contributed by atoms with Gasteiger partial charge >= 0.3 is 5.97 Å². The number of benzene rings is 2. The molecule has 3 aliphatic rings. The average Bonchev–Trinajstić information content (AvgIpc) is 3.59. The second-order valence-corrected chi connectivity index (χ2v) is 10.8. The first-order valence-electron chi connectivity index (χ1n) is 13.7. The van der Waals surface area contributed by atoms with Gasteiger partial charge < -0.3 is 24.4 Å². The predicted octanol–water partition coefficient (Wildman–Crippen LogP) is 3.66. The molecule has 5 rings (SSSR count). The van der Waals surface area contributed by atoms with Crippen LogP contribution in [-0.2, 0) is 23.9 Å². The first kappa shape index (κ1) is 27.8. The monoisotopic (exact) mass is 544 g/mol. The zero-order valence-corrected chi connectivity index (χ0v) is 23.0. The van der Waals surface area contributed by atoms with Gasteiger partial charge in [-0.3, -0.25) is 14.4 Å². The van der Waals surface area contributed by atoms with Crippen LogP contribution in [0.5, 0.6) is 0 Å². The van der Waals surface area contributed by atoms with Gasteiger partial charge in [-0.05, 0) is 43.4 Å². The summed E-state index contributed by atoms with van der Waals surface area (Å²) in [5.74, 6) is -2.99. The Morgan fingerprint density at radius 3 is 2.48 bits per heavy atom. The number of carbonyl (C=O) groups is 3. The van der Waals surface area contributed by atoms with Crippen LogP contribution in [0.1, 0.15) is 35.6 Å².